The van der Waals surface area contributed by atoms with E-state index in [1.165, 1.54) is 0 Å². The van der Waals surface area contributed by atoms with E-state index >= 15 is 0 Å². The van der Waals surface area contributed by atoms with Crippen molar-refractivity contribution in [3.63, 3.8) is 0 Å². The number of hydrazine groups is 1. The summed E-state index contributed by atoms with van der Waals surface area (Å²) in [7, 11) is 0. The molecule has 4 aliphatic rings. The summed E-state index contributed by atoms with van der Waals surface area (Å²) in [5, 5.41) is 7.05. The maximum absolute atomic E-state index is 14.1. The van der Waals surface area contributed by atoms with Crippen molar-refractivity contribution in [1.29, 1.82) is 0 Å². The number of fused-ring (bicyclic) bond motifs is 3. The van der Waals surface area contributed by atoms with Crippen LogP contribution in [-0.4, -0.2) is 54.3 Å². The Labute approximate surface area is 234 Å². The number of likely N-dealkylation sites (tertiary alicyclic amines) is 1. The summed E-state index contributed by atoms with van der Waals surface area (Å²) < 4.78 is 5.87. The van der Waals surface area contributed by atoms with Crippen LogP contribution in [0.25, 0.3) is 0 Å². The molecule has 3 aliphatic heterocycles. The molecule has 3 fully saturated rings. The molecule has 1 spiro atoms. The van der Waals surface area contributed by atoms with Crippen LogP contribution in [-0.2, 0) is 21.6 Å². The number of anilines is 1. The summed E-state index contributed by atoms with van der Waals surface area (Å²) in [6, 6.07) is 15.6. The van der Waals surface area contributed by atoms with Crippen LogP contribution in [0.2, 0.25) is 5.02 Å². The van der Waals surface area contributed by atoms with E-state index in [9.17, 15) is 9.59 Å². The number of halogens is 1. The van der Waals surface area contributed by atoms with Crippen LogP contribution in [0.15, 0.2) is 48.5 Å². The van der Waals surface area contributed by atoms with E-state index in [0.29, 0.717) is 54.5 Å². The largest absolute Gasteiger partial charge is 0.436 e. The molecule has 0 aromatic heterocycles. The molecule has 1 saturated carbocycles. The molecule has 2 amide bonds. The van der Waals surface area contributed by atoms with Crippen LogP contribution in [0.5, 0.6) is 0 Å². The van der Waals surface area contributed by atoms with Gasteiger partial charge in [-0.2, -0.15) is 0 Å². The van der Waals surface area contributed by atoms with E-state index in [2.05, 4.69) is 40.5 Å². The summed E-state index contributed by atoms with van der Waals surface area (Å²) in [6.45, 7) is 2.99. The minimum atomic E-state index is -0.903. The Balaban J connectivity index is 1.20. The average Bonchev–Trinajstić information content (AvgIpc) is 3.52. The van der Waals surface area contributed by atoms with Gasteiger partial charge in [-0.25, -0.2) is 10.2 Å². The molecule has 39 heavy (non-hydrogen) atoms. The monoisotopic (exact) mass is 552 g/mol. The molecule has 6 unspecified atom stereocenters. The van der Waals surface area contributed by atoms with E-state index in [0.717, 1.165) is 30.4 Å². The number of nitrogens with two attached hydrogens (primary N) is 1. The number of hydrogen-bond donors (Lipinski definition) is 5. The number of nitrogens with one attached hydrogen (secondary N) is 4. The summed E-state index contributed by atoms with van der Waals surface area (Å²) in [5.41, 5.74) is 14.5. The molecule has 208 valence electrons. The van der Waals surface area contributed by atoms with Gasteiger partial charge in [0.2, 0.25) is 5.91 Å². The number of carbonyl (C=O) groups is 2. The SMILES string of the molecule is CC(N[C@@H](Cc1ccccc1)C(=O)N1CCC2(C1)OC(=O)Nc1ccc(Cl)cc12)C1CCC2C(N)NNC2C1. The fraction of sp³-hybridized carbons (Fsp3) is 0.517. The molecule has 0 radical (unpaired) electrons. The minimum Gasteiger partial charge on any atom is -0.436 e. The van der Waals surface area contributed by atoms with Crippen LogP contribution in [0.3, 0.4) is 0 Å². The van der Waals surface area contributed by atoms with Crippen molar-refractivity contribution >= 4 is 29.3 Å². The molecular formula is C29H37ClN6O3. The highest BCUT2D eigenvalue weighted by Crippen LogP contribution is 2.44. The maximum Gasteiger partial charge on any atom is 0.412 e. The zero-order valence-electron chi connectivity index (χ0n) is 22.2. The molecule has 2 aromatic carbocycles. The Kier molecular flexibility index (Phi) is 7.28. The third kappa shape index (κ3) is 5.26. The number of amides is 2. The second-order valence-electron chi connectivity index (χ2n) is 11.6. The zero-order valence-corrected chi connectivity index (χ0v) is 22.9. The third-order valence-electron chi connectivity index (χ3n) is 9.13. The number of benzene rings is 2. The molecule has 6 rings (SSSR count). The van der Waals surface area contributed by atoms with Gasteiger partial charge in [-0.3, -0.25) is 15.5 Å². The van der Waals surface area contributed by atoms with Crippen molar-refractivity contribution in [3.8, 4) is 0 Å². The third-order valence-corrected chi connectivity index (χ3v) is 9.37. The topological polar surface area (TPSA) is 121 Å². The maximum atomic E-state index is 14.1. The lowest BCUT2D eigenvalue weighted by Crippen LogP contribution is -2.53. The van der Waals surface area contributed by atoms with E-state index in [1.807, 2.05) is 29.2 Å². The Bertz CT molecular complexity index is 1230. The normalized spacial score (nSPS) is 31.3. The Hall–Kier alpha value is -2.69. The van der Waals surface area contributed by atoms with Gasteiger partial charge in [0.05, 0.1) is 24.4 Å². The average molecular weight is 553 g/mol. The second-order valence-corrected chi connectivity index (χ2v) is 12.0. The van der Waals surface area contributed by atoms with Crippen molar-refractivity contribution in [2.45, 2.75) is 68.9 Å². The lowest BCUT2D eigenvalue weighted by molar-refractivity contribution is -0.133. The highest BCUT2D eigenvalue weighted by Gasteiger charge is 2.49. The van der Waals surface area contributed by atoms with Crippen molar-refractivity contribution < 1.29 is 14.3 Å². The van der Waals surface area contributed by atoms with Crippen molar-refractivity contribution in [3.05, 3.63) is 64.7 Å². The van der Waals surface area contributed by atoms with Gasteiger partial charge < -0.3 is 20.7 Å². The van der Waals surface area contributed by atoms with Crippen LogP contribution in [0.1, 0.15) is 43.7 Å². The highest BCUT2D eigenvalue weighted by molar-refractivity contribution is 6.30. The molecule has 0 bridgehead atoms. The molecule has 7 atom stereocenters. The predicted molar refractivity (Wildman–Crippen MR) is 150 cm³/mol. The number of ether oxygens (including phenoxy) is 1. The fourth-order valence-electron chi connectivity index (χ4n) is 6.97. The predicted octanol–water partition coefficient (Wildman–Crippen LogP) is 3.10. The fourth-order valence-corrected chi connectivity index (χ4v) is 7.14. The molecular weight excluding hydrogens is 516 g/mol. The first-order valence-corrected chi connectivity index (χ1v) is 14.3. The van der Waals surface area contributed by atoms with Crippen molar-refractivity contribution in [2.24, 2.45) is 17.6 Å². The summed E-state index contributed by atoms with van der Waals surface area (Å²) in [5.74, 6) is 0.901. The molecule has 2 aromatic rings. The van der Waals surface area contributed by atoms with Gasteiger partial charge in [-0.1, -0.05) is 41.9 Å². The first kappa shape index (κ1) is 26.5. The molecule has 6 N–H and O–H groups in total. The minimum absolute atomic E-state index is 0.00166. The number of carbonyl (C=O) groups excluding carboxylic acids is 2. The molecule has 1 aliphatic carbocycles. The Morgan fingerprint density at radius 1 is 1.23 bits per heavy atom. The molecule has 10 heteroatoms. The lowest BCUT2D eigenvalue weighted by atomic mass is 9.75. The Morgan fingerprint density at radius 3 is 2.87 bits per heavy atom. The van der Waals surface area contributed by atoms with Gasteiger partial charge in [-0.05, 0) is 62.3 Å². The number of rotatable bonds is 6. The highest BCUT2D eigenvalue weighted by atomic mass is 35.5. The van der Waals surface area contributed by atoms with Crippen LogP contribution < -0.4 is 27.2 Å². The number of nitrogens with zero attached hydrogens (tertiary/aromatic N) is 1. The summed E-state index contributed by atoms with van der Waals surface area (Å²) in [6.07, 6.45) is 3.76. The van der Waals surface area contributed by atoms with Crippen LogP contribution in [0.4, 0.5) is 10.5 Å². The Morgan fingerprint density at radius 2 is 2.05 bits per heavy atom. The smallest absolute Gasteiger partial charge is 0.412 e. The summed E-state index contributed by atoms with van der Waals surface area (Å²) in [4.78, 5) is 28.4. The van der Waals surface area contributed by atoms with Gasteiger partial charge in [0, 0.05) is 41.6 Å². The van der Waals surface area contributed by atoms with E-state index < -0.39 is 17.7 Å². The lowest BCUT2D eigenvalue weighted by Gasteiger charge is -2.38. The summed E-state index contributed by atoms with van der Waals surface area (Å²) >= 11 is 6.31. The zero-order chi connectivity index (χ0) is 27.1. The second kappa shape index (κ2) is 10.7. The first-order chi connectivity index (χ1) is 18.8. The van der Waals surface area contributed by atoms with E-state index in [1.54, 1.807) is 12.1 Å². The number of hydrogen-bond acceptors (Lipinski definition) is 7. The van der Waals surface area contributed by atoms with Gasteiger partial charge in [0.1, 0.15) is 0 Å². The van der Waals surface area contributed by atoms with Crippen molar-refractivity contribution in [2.75, 3.05) is 18.4 Å². The standard InChI is InChI=1S/C29H37ClN6O3/c1-17(19-7-9-21-24(14-19)34-35-26(21)31)32-25(13-18-5-3-2-4-6-18)27(37)36-12-11-29(16-36)22-15-20(30)8-10-23(22)33-28(38)39-29/h2-6,8,10,15,17,19,21,24-26,32,34-35H,7,9,11-14,16,31H2,1H3,(H,33,38)/t17?,19?,21?,24?,25-,26?,29?/m0/s1. The molecule has 9 nitrogen and oxygen atoms in total. The van der Waals surface area contributed by atoms with Crippen LogP contribution >= 0.6 is 11.6 Å². The van der Waals surface area contributed by atoms with E-state index in [-0.39, 0.29) is 18.1 Å². The van der Waals surface area contributed by atoms with Gasteiger partial charge in [-0.15, -0.1) is 0 Å². The first-order valence-electron chi connectivity index (χ1n) is 14.0. The van der Waals surface area contributed by atoms with Gasteiger partial charge in [0.15, 0.2) is 5.60 Å². The van der Waals surface area contributed by atoms with E-state index in [4.69, 9.17) is 22.1 Å². The molecule has 3 heterocycles. The molecule has 2 saturated heterocycles. The quantitative estimate of drug-likeness (QED) is 0.373. The van der Waals surface area contributed by atoms with Gasteiger partial charge in [0.25, 0.3) is 0 Å². The van der Waals surface area contributed by atoms with Gasteiger partial charge >= 0.3 is 6.09 Å². The van der Waals surface area contributed by atoms with Crippen LogP contribution in [0, 0.1) is 11.8 Å². The van der Waals surface area contributed by atoms with Crippen molar-refractivity contribution in [1.82, 2.24) is 21.1 Å².